The molecule has 0 bridgehead atoms. The Hall–Kier alpha value is -2.39. The number of aromatic nitrogens is 2. The fourth-order valence-corrected chi connectivity index (χ4v) is 8.42. The molecule has 205 valence electrons. The first kappa shape index (κ1) is 27.2. The monoisotopic (exact) mass is 597 g/mol. The molecule has 1 aromatic heterocycles. The summed E-state index contributed by atoms with van der Waals surface area (Å²) in [6, 6.07) is 3.34. The number of amides is 1. The molecule has 2 aliphatic carbocycles. The number of alkyl halides is 3. The van der Waals surface area contributed by atoms with Crippen LogP contribution in [0.2, 0.25) is 10.4 Å². The number of carbonyl (C=O) groups is 1. The maximum atomic E-state index is 14.5. The summed E-state index contributed by atoms with van der Waals surface area (Å²) in [7, 11) is 0. The molecule has 1 aliphatic heterocycles. The number of aliphatic hydroxyl groups is 1. The minimum absolute atomic E-state index is 0.128. The number of carbonyl (C=O) groups excluding carboxylic acids is 1. The van der Waals surface area contributed by atoms with Gasteiger partial charge in [-0.1, -0.05) is 0 Å². The van der Waals surface area contributed by atoms with E-state index in [-0.39, 0.29) is 27.6 Å². The van der Waals surface area contributed by atoms with Gasteiger partial charge in [-0.2, -0.15) is 0 Å². The summed E-state index contributed by atoms with van der Waals surface area (Å²) >= 11 is -0.145. The van der Waals surface area contributed by atoms with E-state index in [1.54, 1.807) is 4.90 Å². The first-order valence-corrected chi connectivity index (χ1v) is 15.5. The van der Waals surface area contributed by atoms with Crippen LogP contribution in [0.15, 0.2) is 24.5 Å². The summed E-state index contributed by atoms with van der Waals surface area (Å²) in [6.07, 6.45) is -1.11. The topological polar surface area (TPSA) is 78.8 Å². The van der Waals surface area contributed by atoms with E-state index < -0.39 is 30.0 Å². The van der Waals surface area contributed by atoms with Crippen LogP contribution in [0.1, 0.15) is 60.9 Å². The minimum atomic E-state index is -4.99. The van der Waals surface area contributed by atoms with E-state index >= 15 is 0 Å². The quantitative estimate of drug-likeness (QED) is 0.359. The predicted octanol–water partition coefficient (Wildman–Crippen LogP) is 4.44. The molecule has 1 aromatic carbocycles. The van der Waals surface area contributed by atoms with Crippen molar-refractivity contribution in [1.82, 2.24) is 14.9 Å². The summed E-state index contributed by atoms with van der Waals surface area (Å²) in [5.41, 5.74) is 2.01. The molecule has 1 amide bonds. The second kappa shape index (κ2) is 11.0. The van der Waals surface area contributed by atoms with Crippen LogP contribution in [0, 0.1) is 11.7 Å². The number of rotatable bonds is 8. The molecule has 1 radical (unpaired) electrons. The number of hydrogen-bond donors (Lipinski definition) is 1. The number of hydrogen-bond acceptors (Lipinski definition) is 6. The van der Waals surface area contributed by atoms with Gasteiger partial charge in [-0.25, -0.2) is 0 Å². The molecular weight excluding hydrogens is 567 g/mol. The molecule has 38 heavy (non-hydrogen) atoms. The summed E-state index contributed by atoms with van der Waals surface area (Å²) in [4.78, 5) is 26.3. The van der Waals surface area contributed by atoms with E-state index in [1.165, 1.54) is 25.2 Å². The van der Waals surface area contributed by atoms with Crippen LogP contribution in [0.25, 0.3) is 0 Å². The van der Waals surface area contributed by atoms with E-state index in [2.05, 4.69) is 19.6 Å². The Balaban J connectivity index is 1.29. The number of aliphatic hydroxyl groups excluding tert-OH is 1. The first-order valence-electron chi connectivity index (χ1n) is 12.9. The Bertz CT molecular complexity index is 1170. The predicted molar refractivity (Wildman–Crippen MR) is 133 cm³/mol. The van der Waals surface area contributed by atoms with Gasteiger partial charge >= 0.3 is 225 Å². The van der Waals surface area contributed by atoms with Crippen LogP contribution in [0.5, 0.6) is 5.75 Å². The van der Waals surface area contributed by atoms with Crippen molar-refractivity contribution in [2.24, 2.45) is 5.92 Å². The molecular formula is C26H30AsF4N4O3. The zero-order valence-electron chi connectivity index (χ0n) is 21.0. The molecule has 0 spiro atoms. The molecule has 2 aromatic rings. The van der Waals surface area contributed by atoms with E-state index in [0.29, 0.717) is 55.0 Å². The molecule has 12 heteroatoms. The van der Waals surface area contributed by atoms with Gasteiger partial charge in [0.2, 0.25) is 0 Å². The van der Waals surface area contributed by atoms with Gasteiger partial charge in [0.1, 0.15) is 0 Å². The number of anilines is 1. The molecule has 1 saturated heterocycles. The molecule has 2 heterocycles. The number of fused-ring (bicyclic) bond motifs is 1. The molecule has 1 unspecified atom stereocenters. The summed E-state index contributed by atoms with van der Waals surface area (Å²) < 4.78 is 56.1. The van der Waals surface area contributed by atoms with Crippen molar-refractivity contribution in [3.63, 3.8) is 0 Å². The second-order valence-electron chi connectivity index (χ2n) is 10.3. The van der Waals surface area contributed by atoms with Gasteiger partial charge in [0, 0.05) is 0 Å². The van der Waals surface area contributed by atoms with E-state index in [1.807, 2.05) is 6.92 Å². The summed E-state index contributed by atoms with van der Waals surface area (Å²) in [5.74, 6) is -1.12. The molecule has 5 rings (SSSR count). The van der Waals surface area contributed by atoms with Crippen LogP contribution in [0.3, 0.4) is 0 Å². The Morgan fingerprint density at radius 1 is 1.21 bits per heavy atom. The van der Waals surface area contributed by atoms with Crippen molar-refractivity contribution in [1.29, 1.82) is 0 Å². The average Bonchev–Trinajstić information content (AvgIpc) is 3.66. The Morgan fingerprint density at radius 3 is 2.61 bits per heavy atom. The zero-order valence-corrected chi connectivity index (χ0v) is 22.9. The van der Waals surface area contributed by atoms with Gasteiger partial charge in [0.25, 0.3) is 0 Å². The fourth-order valence-electron chi connectivity index (χ4n) is 5.27. The molecule has 7 nitrogen and oxygen atoms in total. The van der Waals surface area contributed by atoms with E-state index in [9.17, 15) is 27.5 Å². The van der Waals surface area contributed by atoms with Crippen LogP contribution < -0.4 is 9.64 Å². The van der Waals surface area contributed by atoms with Gasteiger partial charge < -0.3 is 0 Å². The van der Waals surface area contributed by atoms with Gasteiger partial charge in [0.05, 0.1) is 0 Å². The Labute approximate surface area is 225 Å². The number of benzene rings is 1. The van der Waals surface area contributed by atoms with Gasteiger partial charge in [0.15, 0.2) is 0 Å². The summed E-state index contributed by atoms with van der Waals surface area (Å²) in [5, 5.41) is 12.0. The normalized spacial score (nSPS) is 22.7. The van der Waals surface area contributed by atoms with Crippen molar-refractivity contribution < 1.29 is 32.2 Å². The first-order chi connectivity index (χ1) is 18.1. The third-order valence-electron chi connectivity index (χ3n) is 7.45. The molecule has 2 fully saturated rings. The van der Waals surface area contributed by atoms with Crippen molar-refractivity contribution in [3.8, 4) is 5.75 Å². The number of piperazine rings is 1. The van der Waals surface area contributed by atoms with Crippen LogP contribution in [-0.2, 0) is 4.79 Å². The van der Waals surface area contributed by atoms with Crippen LogP contribution >= 0.6 is 0 Å². The molecule has 1 saturated carbocycles. The molecule has 3 aliphatic rings. The number of nitrogens with zero attached hydrogens (tertiary/aromatic N) is 4. The van der Waals surface area contributed by atoms with Crippen molar-refractivity contribution in [2.45, 2.75) is 60.9 Å². The maximum absolute atomic E-state index is 14.5. The van der Waals surface area contributed by atoms with Crippen molar-refractivity contribution in [3.05, 3.63) is 47.2 Å². The molecule has 3 atom stereocenters. The van der Waals surface area contributed by atoms with E-state index in [0.717, 1.165) is 28.7 Å². The Kier molecular flexibility index (Phi) is 7.87. The van der Waals surface area contributed by atoms with Gasteiger partial charge in [-0.05, 0) is 0 Å². The van der Waals surface area contributed by atoms with Crippen LogP contribution in [-0.4, -0.2) is 74.2 Å². The van der Waals surface area contributed by atoms with Crippen molar-refractivity contribution in [2.75, 3.05) is 31.1 Å². The molecule has 1 N–H and O–H groups in total. The number of ether oxygens (including phenoxy) is 1. The Morgan fingerprint density at radius 2 is 1.95 bits per heavy atom. The van der Waals surface area contributed by atoms with E-state index in [4.69, 9.17) is 0 Å². The van der Waals surface area contributed by atoms with Crippen molar-refractivity contribution >= 4 is 27.5 Å². The fraction of sp³-hybridized carbons (Fsp3) is 0.577. The SMILES string of the molecule is C[C@@H]1C[C@@H](O)c2ncnc(N3CCN(C(=O)C(C[As]CC4CC4)c4ccc(OC(F)(F)F)c(F)c4)CC3)c21. The second-order valence-corrected chi connectivity index (χ2v) is 12.8. The van der Waals surface area contributed by atoms with Gasteiger partial charge in [-0.3, -0.25) is 0 Å². The number of halogens is 4. The summed E-state index contributed by atoms with van der Waals surface area (Å²) in [6.45, 7) is 4.03. The third-order valence-corrected chi connectivity index (χ3v) is 10.4. The third kappa shape index (κ3) is 6.09. The average molecular weight is 597 g/mol. The van der Waals surface area contributed by atoms with Gasteiger partial charge in [-0.15, -0.1) is 0 Å². The standard InChI is InChI=1S/C26H30AsF4N4O3/c1-15-10-20(36)23-22(15)24(33-14-32-23)34-6-8-35(9-7-34)25(37)18(13-27-12-16-2-3-16)17-4-5-21(19(28)11-17)38-26(29,30)31/h4-5,11,14-16,18,20,36H,2-3,6-10,12-13H2,1H3/t15-,18?,20-/m1/s1. The van der Waals surface area contributed by atoms with Crippen LogP contribution in [0.4, 0.5) is 23.4 Å². The zero-order chi connectivity index (χ0) is 27.0.